The van der Waals surface area contributed by atoms with Crippen LogP contribution in [0.2, 0.25) is 0 Å². The second-order valence-electron chi connectivity index (χ2n) is 8.72. The summed E-state index contributed by atoms with van der Waals surface area (Å²) >= 11 is 0. The van der Waals surface area contributed by atoms with Crippen molar-refractivity contribution in [2.75, 3.05) is 50.0 Å². The number of aromatic nitrogens is 2. The highest BCUT2D eigenvalue weighted by molar-refractivity contribution is 5.93. The summed E-state index contributed by atoms with van der Waals surface area (Å²) in [5, 5.41) is 13.3. The van der Waals surface area contributed by atoms with Crippen LogP contribution in [0.4, 0.5) is 36.3 Å². The van der Waals surface area contributed by atoms with Gasteiger partial charge in [0.15, 0.2) is 11.5 Å². The molecule has 0 saturated carbocycles. The summed E-state index contributed by atoms with van der Waals surface area (Å²) in [5.41, 5.74) is 1.51. The van der Waals surface area contributed by atoms with Crippen LogP contribution in [0.1, 0.15) is 12.8 Å². The first-order chi connectivity index (χ1) is 19.5. The molecule has 41 heavy (non-hydrogen) atoms. The smallest absolute Gasteiger partial charge is 0.490 e. The van der Waals surface area contributed by atoms with Crippen LogP contribution in [0.25, 0.3) is 0 Å². The number of anilines is 4. The molecule has 0 aliphatic carbocycles. The Kier molecular flexibility index (Phi) is 10.6. The Hall–Kier alpha value is -4.75. The molecule has 220 valence electrons. The third-order valence-corrected chi connectivity index (χ3v) is 5.96. The van der Waals surface area contributed by atoms with E-state index >= 15 is 0 Å². The fourth-order valence-electron chi connectivity index (χ4n) is 4.03. The molecule has 11 nitrogen and oxygen atoms in total. The molecule has 0 spiro atoms. The Morgan fingerprint density at radius 1 is 1.00 bits per heavy atom. The lowest BCUT2D eigenvalue weighted by Crippen LogP contribution is -2.41. The number of carbonyl (C=O) groups is 2. The van der Waals surface area contributed by atoms with Gasteiger partial charge in [-0.05, 0) is 31.0 Å². The van der Waals surface area contributed by atoms with Crippen LogP contribution >= 0.6 is 0 Å². The van der Waals surface area contributed by atoms with Crippen molar-refractivity contribution in [2.45, 2.75) is 19.0 Å². The minimum atomic E-state index is -5.08. The van der Waals surface area contributed by atoms with Gasteiger partial charge in [-0.3, -0.25) is 4.79 Å². The van der Waals surface area contributed by atoms with Gasteiger partial charge in [0, 0.05) is 42.8 Å². The van der Waals surface area contributed by atoms with Crippen molar-refractivity contribution in [2.24, 2.45) is 5.92 Å². The number of hydrogen-bond donors (Lipinski definition) is 3. The van der Waals surface area contributed by atoms with Crippen LogP contribution in [0.5, 0.6) is 17.2 Å². The van der Waals surface area contributed by atoms with Gasteiger partial charge in [-0.15, -0.1) is 0 Å². The van der Waals surface area contributed by atoms with Crippen molar-refractivity contribution in [3.63, 3.8) is 0 Å². The van der Waals surface area contributed by atoms with E-state index in [1.807, 2.05) is 36.4 Å². The summed E-state index contributed by atoms with van der Waals surface area (Å²) in [6.07, 6.45) is -1.63. The van der Waals surface area contributed by atoms with E-state index in [1.54, 1.807) is 39.7 Å². The van der Waals surface area contributed by atoms with Gasteiger partial charge in [-0.25, -0.2) is 9.78 Å². The molecule has 1 fully saturated rings. The van der Waals surface area contributed by atoms with Gasteiger partial charge in [0.05, 0.1) is 27.2 Å². The summed E-state index contributed by atoms with van der Waals surface area (Å²) in [5.74, 6) is -0.0700. The second kappa shape index (κ2) is 14.1. The molecular formula is C27H30F3N5O6. The summed E-state index contributed by atoms with van der Waals surface area (Å²) in [6.45, 7) is 1.43. The number of ether oxygens (including phenoxy) is 3. The van der Waals surface area contributed by atoms with Gasteiger partial charge >= 0.3 is 12.1 Å². The minimum absolute atomic E-state index is 0.0285. The van der Waals surface area contributed by atoms with E-state index in [-0.39, 0.29) is 11.8 Å². The van der Waals surface area contributed by atoms with E-state index in [4.69, 9.17) is 24.1 Å². The number of aliphatic carboxylic acids is 1. The first-order valence-electron chi connectivity index (χ1n) is 12.4. The van der Waals surface area contributed by atoms with Gasteiger partial charge in [0.25, 0.3) is 0 Å². The molecule has 1 aliphatic heterocycles. The van der Waals surface area contributed by atoms with Gasteiger partial charge in [0.2, 0.25) is 17.6 Å². The predicted molar refractivity (Wildman–Crippen MR) is 145 cm³/mol. The number of methoxy groups -OCH3 is 3. The molecule has 1 saturated heterocycles. The Morgan fingerprint density at radius 2 is 1.63 bits per heavy atom. The zero-order valence-electron chi connectivity index (χ0n) is 22.6. The number of nitrogens with one attached hydrogen (secondary N) is 2. The molecule has 2 heterocycles. The maximum atomic E-state index is 12.8. The fraction of sp³-hybridized carbons (Fsp3) is 0.333. The van der Waals surface area contributed by atoms with E-state index in [9.17, 15) is 18.0 Å². The largest absolute Gasteiger partial charge is 0.493 e. The number of rotatable bonds is 8. The molecule has 14 heteroatoms. The van der Waals surface area contributed by atoms with Crippen molar-refractivity contribution in [1.82, 2.24) is 9.97 Å². The van der Waals surface area contributed by atoms with Crippen molar-refractivity contribution in [1.29, 1.82) is 0 Å². The molecule has 1 aliphatic rings. The quantitative estimate of drug-likeness (QED) is 0.345. The maximum absolute atomic E-state index is 12.8. The SMILES string of the molecule is COc1cc(Nc2nccc(N3CCC[C@H](C(=O)Nc4ccccc4)C3)n2)cc(OC)c1OC.O=C(O)C(F)(F)F. The Labute approximate surface area is 234 Å². The Bertz CT molecular complexity index is 1300. The van der Waals surface area contributed by atoms with Crippen molar-refractivity contribution >= 4 is 35.0 Å². The number of hydrogen-bond acceptors (Lipinski definition) is 9. The maximum Gasteiger partial charge on any atom is 0.490 e. The van der Waals surface area contributed by atoms with Crippen LogP contribution in [-0.4, -0.2) is 67.5 Å². The number of para-hydroxylation sites is 1. The van der Waals surface area contributed by atoms with Crippen LogP contribution in [0.3, 0.4) is 0 Å². The third kappa shape index (κ3) is 8.62. The topological polar surface area (TPSA) is 135 Å². The monoisotopic (exact) mass is 577 g/mol. The number of nitrogens with zero attached hydrogens (tertiary/aromatic N) is 3. The number of carboxylic acid groups (broad SMARTS) is 1. The number of alkyl halides is 3. The molecule has 1 aromatic heterocycles. The van der Waals surface area contributed by atoms with Crippen molar-refractivity contribution in [3.05, 3.63) is 54.7 Å². The zero-order chi connectivity index (χ0) is 30.0. The van der Waals surface area contributed by atoms with Crippen molar-refractivity contribution in [3.8, 4) is 17.2 Å². The number of benzene rings is 2. The average Bonchev–Trinajstić information content (AvgIpc) is 2.97. The molecule has 3 aromatic rings. The van der Waals surface area contributed by atoms with Gasteiger partial charge in [-0.1, -0.05) is 18.2 Å². The molecule has 1 amide bonds. The normalized spacial score (nSPS) is 14.7. The first kappa shape index (κ1) is 30.8. The van der Waals surface area contributed by atoms with E-state index in [2.05, 4.69) is 25.5 Å². The van der Waals surface area contributed by atoms with Crippen LogP contribution in [0.15, 0.2) is 54.7 Å². The lowest BCUT2D eigenvalue weighted by atomic mass is 9.97. The van der Waals surface area contributed by atoms with Gasteiger partial charge in [-0.2, -0.15) is 18.2 Å². The van der Waals surface area contributed by atoms with E-state index in [1.165, 1.54) is 0 Å². The highest BCUT2D eigenvalue weighted by Crippen LogP contribution is 2.40. The predicted octanol–water partition coefficient (Wildman–Crippen LogP) is 4.73. The van der Waals surface area contributed by atoms with E-state index < -0.39 is 12.1 Å². The van der Waals surface area contributed by atoms with E-state index in [0.717, 1.165) is 30.9 Å². The highest BCUT2D eigenvalue weighted by atomic mass is 19.4. The summed E-state index contributed by atoms with van der Waals surface area (Å²) < 4.78 is 48.0. The Balaban J connectivity index is 0.000000587. The fourth-order valence-corrected chi connectivity index (χ4v) is 4.03. The Morgan fingerprint density at radius 3 is 2.20 bits per heavy atom. The molecule has 3 N–H and O–H groups in total. The number of carbonyl (C=O) groups excluding carboxylic acids is 1. The number of halogens is 3. The molecule has 4 rings (SSSR count). The molecule has 0 unspecified atom stereocenters. The molecular weight excluding hydrogens is 547 g/mol. The molecule has 0 radical (unpaired) electrons. The van der Waals surface area contributed by atoms with Gasteiger partial charge < -0.3 is 34.9 Å². The summed E-state index contributed by atoms with van der Waals surface area (Å²) in [6, 6.07) is 15.0. The number of piperidine rings is 1. The highest BCUT2D eigenvalue weighted by Gasteiger charge is 2.38. The molecule has 1 atom stereocenters. The van der Waals surface area contributed by atoms with Crippen LogP contribution in [-0.2, 0) is 9.59 Å². The third-order valence-electron chi connectivity index (χ3n) is 5.96. The van der Waals surface area contributed by atoms with Crippen molar-refractivity contribution < 1.29 is 42.1 Å². The summed E-state index contributed by atoms with van der Waals surface area (Å²) in [7, 11) is 4.70. The summed E-state index contributed by atoms with van der Waals surface area (Å²) in [4.78, 5) is 32.9. The lowest BCUT2D eigenvalue weighted by Gasteiger charge is -2.33. The zero-order valence-corrected chi connectivity index (χ0v) is 22.6. The number of carboxylic acids is 1. The second-order valence-corrected chi connectivity index (χ2v) is 8.72. The van der Waals surface area contributed by atoms with Crippen LogP contribution < -0.4 is 29.7 Å². The van der Waals surface area contributed by atoms with Crippen LogP contribution in [0, 0.1) is 5.92 Å². The van der Waals surface area contributed by atoms with E-state index in [0.29, 0.717) is 35.4 Å². The van der Waals surface area contributed by atoms with Gasteiger partial charge in [0.1, 0.15) is 5.82 Å². The minimum Gasteiger partial charge on any atom is -0.493 e. The standard InChI is InChI=1S/C25H29N5O4.C2HF3O2/c1-32-20-14-19(15-21(33-2)23(20)34-3)28-25-26-12-11-22(29-25)30-13-7-8-17(16-30)24(31)27-18-9-5-4-6-10-18;3-2(4,5)1(6)7/h4-6,9-12,14-15,17H,7-8,13,16H2,1-3H3,(H,27,31)(H,26,28,29);(H,6,7)/t17-;/m0./s1. The molecule has 2 aromatic carbocycles. The number of amides is 1. The lowest BCUT2D eigenvalue weighted by molar-refractivity contribution is -0.192. The first-order valence-corrected chi connectivity index (χ1v) is 12.4. The average molecular weight is 578 g/mol. The molecule has 0 bridgehead atoms.